The molecule has 0 aromatic heterocycles. The number of carbonyl (C=O) groups excluding carboxylic acids is 1. The second-order valence-corrected chi connectivity index (χ2v) is 8.08. The first kappa shape index (κ1) is 21.5. The van der Waals surface area contributed by atoms with Gasteiger partial charge in [0.15, 0.2) is 5.79 Å². The molecule has 2 aliphatic heterocycles. The highest BCUT2D eigenvalue weighted by Crippen LogP contribution is 2.50. The van der Waals surface area contributed by atoms with Crippen LogP contribution in [0.2, 0.25) is 0 Å². The van der Waals surface area contributed by atoms with Gasteiger partial charge < -0.3 is 24.8 Å². The number of Topliss-reactive ketones (excluding diaryl/α,β-unsaturated/α-hetero) is 1. The highest BCUT2D eigenvalue weighted by Gasteiger charge is 2.60. The van der Waals surface area contributed by atoms with Crippen molar-refractivity contribution in [1.82, 2.24) is 0 Å². The topological polar surface area (TPSA) is 99.5 Å². The Morgan fingerprint density at radius 2 is 2.04 bits per heavy atom. The highest BCUT2D eigenvalue weighted by molar-refractivity contribution is 5.84. The van der Waals surface area contributed by atoms with Gasteiger partial charge in [-0.2, -0.15) is 0 Å². The molecular weight excluding hydrogens is 336 g/mol. The largest absolute Gasteiger partial charge is 0.396 e. The van der Waals surface area contributed by atoms with Crippen LogP contribution in [0.5, 0.6) is 0 Å². The molecule has 3 N–H and O–H groups in total. The van der Waals surface area contributed by atoms with Gasteiger partial charge in [-0.3, -0.25) is 4.79 Å². The maximum absolute atomic E-state index is 13.0. The molecule has 0 saturated carbocycles. The molecule has 2 fully saturated rings. The van der Waals surface area contributed by atoms with Crippen molar-refractivity contribution in [2.75, 3.05) is 13.2 Å². The third kappa shape index (κ3) is 4.04. The van der Waals surface area contributed by atoms with Crippen molar-refractivity contribution in [3.8, 4) is 0 Å². The van der Waals surface area contributed by atoms with Gasteiger partial charge >= 0.3 is 0 Å². The zero-order valence-corrected chi connectivity index (χ0v) is 16.5. The summed E-state index contributed by atoms with van der Waals surface area (Å²) in [5.74, 6) is -2.95. The lowest BCUT2D eigenvalue weighted by Gasteiger charge is -2.40. The molecule has 2 heterocycles. The summed E-state index contributed by atoms with van der Waals surface area (Å²) in [5, 5.41) is 30.4. The van der Waals surface area contributed by atoms with E-state index in [0.29, 0.717) is 6.42 Å². The Hall–Kier alpha value is -0.790. The smallest absolute Gasteiger partial charge is 0.167 e. The van der Waals surface area contributed by atoms with Crippen molar-refractivity contribution in [2.24, 2.45) is 23.7 Å². The van der Waals surface area contributed by atoms with Gasteiger partial charge in [-0.25, -0.2) is 0 Å². The number of aliphatic hydroxyl groups excluding tert-OH is 2. The molecule has 0 aromatic carbocycles. The van der Waals surface area contributed by atoms with E-state index in [-0.39, 0.29) is 43.4 Å². The third-order valence-electron chi connectivity index (χ3n) is 6.37. The molecule has 150 valence electrons. The van der Waals surface area contributed by atoms with Crippen LogP contribution in [0, 0.1) is 23.7 Å². The Morgan fingerprint density at radius 3 is 2.54 bits per heavy atom. The number of epoxide rings is 1. The summed E-state index contributed by atoms with van der Waals surface area (Å²) < 4.78 is 11.4. The van der Waals surface area contributed by atoms with Gasteiger partial charge in [-0.15, -0.1) is 0 Å². The van der Waals surface area contributed by atoms with Crippen LogP contribution >= 0.6 is 0 Å². The molecule has 0 spiro atoms. The quantitative estimate of drug-likeness (QED) is 0.444. The number of hydrogen-bond acceptors (Lipinski definition) is 6. The molecule has 26 heavy (non-hydrogen) atoms. The Labute approximate surface area is 156 Å². The van der Waals surface area contributed by atoms with Crippen LogP contribution in [0.15, 0.2) is 12.2 Å². The maximum Gasteiger partial charge on any atom is 0.167 e. The summed E-state index contributed by atoms with van der Waals surface area (Å²) in [7, 11) is 0. The number of carbonyl (C=O) groups is 1. The van der Waals surface area contributed by atoms with Crippen LogP contribution in [0.3, 0.4) is 0 Å². The molecule has 0 aliphatic carbocycles. The second-order valence-electron chi connectivity index (χ2n) is 8.08. The predicted octanol–water partition coefficient (Wildman–Crippen LogP) is 1.67. The Bertz CT molecular complexity index is 534. The van der Waals surface area contributed by atoms with Crippen molar-refractivity contribution >= 4 is 5.78 Å². The monoisotopic (exact) mass is 370 g/mol. The van der Waals surface area contributed by atoms with Crippen molar-refractivity contribution in [1.29, 1.82) is 0 Å². The normalized spacial score (nSPS) is 41.0. The molecular formula is C20H34O6. The van der Waals surface area contributed by atoms with E-state index < -0.39 is 29.3 Å². The van der Waals surface area contributed by atoms with E-state index in [1.807, 2.05) is 26.8 Å². The number of aliphatic hydroxyl groups is 3. The van der Waals surface area contributed by atoms with Crippen molar-refractivity contribution in [3.05, 3.63) is 12.2 Å². The van der Waals surface area contributed by atoms with Gasteiger partial charge in [0, 0.05) is 18.3 Å². The zero-order chi connectivity index (χ0) is 19.7. The first-order valence-corrected chi connectivity index (χ1v) is 9.63. The Balaban J connectivity index is 2.07. The summed E-state index contributed by atoms with van der Waals surface area (Å²) in [4.78, 5) is 13.0. The van der Waals surface area contributed by atoms with Gasteiger partial charge in [0.05, 0.1) is 36.9 Å². The molecule has 2 unspecified atom stereocenters. The highest BCUT2D eigenvalue weighted by atomic mass is 16.6. The average Bonchev–Trinajstić information content (AvgIpc) is 3.29. The molecule has 0 aromatic rings. The molecule has 2 aliphatic rings. The van der Waals surface area contributed by atoms with E-state index in [1.165, 1.54) is 0 Å². The van der Waals surface area contributed by atoms with E-state index in [9.17, 15) is 20.1 Å². The van der Waals surface area contributed by atoms with Crippen LogP contribution in [0.1, 0.15) is 47.5 Å². The van der Waals surface area contributed by atoms with E-state index in [1.54, 1.807) is 6.92 Å². The molecule has 0 amide bonds. The van der Waals surface area contributed by atoms with E-state index in [2.05, 4.69) is 13.0 Å². The number of ketones is 1. The minimum Gasteiger partial charge on any atom is -0.396 e. The van der Waals surface area contributed by atoms with Gasteiger partial charge in [0.25, 0.3) is 0 Å². The van der Waals surface area contributed by atoms with Gasteiger partial charge in [0.1, 0.15) is 5.78 Å². The summed E-state index contributed by atoms with van der Waals surface area (Å²) in [6.07, 6.45) is 3.43. The van der Waals surface area contributed by atoms with E-state index in [4.69, 9.17) is 9.47 Å². The SMILES string of the molecule is C/C=C\[C@H](C)[C@H]1OC1(C)[C@@H](C)[C@@H](CO)C(=O)[C@@H]1CO[C@](O)(CC)CC1O. The standard InChI is InChI=1S/C20H34O6/c1-6-8-12(3)18-19(5,26-18)13(4)14(10-21)17(23)15-11-25-20(24,7-2)9-16(15)22/h6,8,12-16,18,21-22,24H,7,9-11H2,1-5H3/b8-6-/t12-,13-,14+,15+,16?,18+,19?,20+/m0/s1. The number of hydrogen-bond donors (Lipinski definition) is 3. The van der Waals surface area contributed by atoms with Crippen LogP contribution < -0.4 is 0 Å². The van der Waals surface area contributed by atoms with Gasteiger partial charge in [-0.1, -0.05) is 32.9 Å². The number of rotatable bonds is 8. The molecule has 2 rings (SSSR count). The maximum atomic E-state index is 13.0. The minimum atomic E-state index is -1.38. The second kappa shape index (κ2) is 8.07. The number of allylic oxidation sites excluding steroid dienone is 1. The third-order valence-corrected chi connectivity index (χ3v) is 6.37. The fourth-order valence-electron chi connectivity index (χ4n) is 4.21. The van der Waals surface area contributed by atoms with E-state index in [0.717, 1.165) is 0 Å². The van der Waals surface area contributed by atoms with Crippen molar-refractivity contribution < 1.29 is 29.6 Å². The minimum absolute atomic E-state index is 0.00115. The lowest BCUT2D eigenvalue weighted by Crippen LogP contribution is -2.51. The molecule has 0 bridgehead atoms. The van der Waals surface area contributed by atoms with Gasteiger partial charge in [0.2, 0.25) is 0 Å². The van der Waals surface area contributed by atoms with Crippen LogP contribution in [-0.4, -0.2) is 57.9 Å². The lowest BCUT2D eigenvalue weighted by atomic mass is 9.73. The molecule has 0 radical (unpaired) electrons. The Kier molecular flexibility index (Phi) is 6.67. The molecule has 6 heteroatoms. The molecule has 2 saturated heterocycles. The van der Waals surface area contributed by atoms with Crippen LogP contribution in [-0.2, 0) is 14.3 Å². The molecule has 6 nitrogen and oxygen atoms in total. The van der Waals surface area contributed by atoms with Crippen LogP contribution in [0.25, 0.3) is 0 Å². The summed E-state index contributed by atoms with van der Waals surface area (Å²) in [6, 6.07) is 0. The van der Waals surface area contributed by atoms with Crippen molar-refractivity contribution in [3.63, 3.8) is 0 Å². The van der Waals surface area contributed by atoms with Gasteiger partial charge in [-0.05, 0) is 26.2 Å². The van der Waals surface area contributed by atoms with E-state index >= 15 is 0 Å². The first-order chi connectivity index (χ1) is 12.1. The predicted molar refractivity (Wildman–Crippen MR) is 97.3 cm³/mol. The van der Waals surface area contributed by atoms with Crippen molar-refractivity contribution in [2.45, 2.75) is 71.1 Å². The number of ether oxygens (including phenoxy) is 2. The molecule has 8 atom stereocenters. The Morgan fingerprint density at radius 1 is 1.38 bits per heavy atom. The summed E-state index contributed by atoms with van der Waals surface area (Å²) in [6.45, 7) is 9.35. The lowest BCUT2D eigenvalue weighted by molar-refractivity contribution is -0.258. The fraction of sp³-hybridized carbons (Fsp3) is 0.850. The fourth-order valence-corrected chi connectivity index (χ4v) is 4.21. The zero-order valence-electron chi connectivity index (χ0n) is 16.5. The summed E-state index contributed by atoms with van der Waals surface area (Å²) >= 11 is 0. The average molecular weight is 370 g/mol. The van der Waals surface area contributed by atoms with Crippen LogP contribution in [0.4, 0.5) is 0 Å². The first-order valence-electron chi connectivity index (χ1n) is 9.63. The summed E-state index contributed by atoms with van der Waals surface area (Å²) in [5.41, 5.74) is -0.480.